The second-order valence-corrected chi connectivity index (χ2v) is 7.40. The van der Waals surface area contributed by atoms with Crippen molar-refractivity contribution in [3.8, 4) is 0 Å². The van der Waals surface area contributed by atoms with Crippen molar-refractivity contribution in [2.24, 2.45) is 0 Å². The average molecular weight is 467 g/mol. The van der Waals surface area contributed by atoms with Gasteiger partial charge in [0.2, 0.25) is 0 Å². The first-order chi connectivity index (χ1) is 15.9. The van der Waals surface area contributed by atoms with E-state index in [1.807, 2.05) is 13.6 Å². The van der Waals surface area contributed by atoms with E-state index in [0.717, 1.165) is 23.7 Å². The monoisotopic (exact) mass is 466 g/mol. The van der Waals surface area contributed by atoms with E-state index in [4.69, 9.17) is 9.59 Å². The maximum absolute atomic E-state index is 13.6. The fourth-order valence-corrected chi connectivity index (χ4v) is 3.63. The van der Waals surface area contributed by atoms with Crippen molar-refractivity contribution in [1.82, 2.24) is 0 Å². The van der Waals surface area contributed by atoms with Crippen molar-refractivity contribution in [1.29, 1.82) is 0 Å². The first kappa shape index (κ1) is 27.8. The van der Waals surface area contributed by atoms with Crippen LogP contribution in [-0.4, -0.2) is 50.5 Å². The van der Waals surface area contributed by atoms with E-state index in [-0.39, 0.29) is 23.8 Å². The highest BCUT2D eigenvalue weighted by Crippen LogP contribution is 2.27. The molecule has 0 aromatic heterocycles. The zero-order valence-electron chi connectivity index (χ0n) is 18.6. The molecular formula is C24H29F3N2O4. The van der Waals surface area contributed by atoms with Gasteiger partial charge in [0, 0.05) is 42.5 Å². The Labute approximate surface area is 191 Å². The van der Waals surface area contributed by atoms with Gasteiger partial charge < -0.3 is 24.9 Å². The summed E-state index contributed by atoms with van der Waals surface area (Å²) in [6.07, 6.45) is 2.01. The Balaban J connectivity index is 0.00000129. The van der Waals surface area contributed by atoms with Crippen LogP contribution in [0.4, 0.5) is 24.5 Å². The number of carbonyl (C=O) groups is 3. The second kappa shape index (κ2) is 14.1. The fourth-order valence-electron chi connectivity index (χ4n) is 3.63. The van der Waals surface area contributed by atoms with Crippen molar-refractivity contribution in [2.45, 2.75) is 38.7 Å². The summed E-state index contributed by atoms with van der Waals surface area (Å²) in [5.74, 6) is -2.43. The molecule has 1 aliphatic heterocycles. The molecule has 0 bridgehead atoms. The van der Waals surface area contributed by atoms with Crippen LogP contribution in [0.5, 0.6) is 0 Å². The van der Waals surface area contributed by atoms with Gasteiger partial charge in [-0.1, -0.05) is 6.07 Å². The predicted octanol–water partition coefficient (Wildman–Crippen LogP) is 4.02. The van der Waals surface area contributed by atoms with Crippen molar-refractivity contribution < 1.29 is 32.7 Å². The van der Waals surface area contributed by atoms with Crippen molar-refractivity contribution in [3.63, 3.8) is 0 Å². The summed E-state index contributed by atoms with van der Waals surface area (Å²) in [6, 6.07) is 7.33. The smallest absolute Gasteiger partial charge is 0.255 e. The Morgan fingerprint density at radius 2 is 1.82 bits per heavy atom. The topological polar surface area (TPSA) is 86.7 Å². The molecule has 2 aromatic rings. The predicted molar refractivity (Wildman–Crippen MR) is 121 cm³/mol. The highest BCUT2D eigenvalue weighted by Gasteiger charge is 2.19. The van der Waals surface area contributed by atoms with E-state index in [2.05, 4.69) is 10.2 Å². The number of anilines is 2. The van der Waals surface area contributed by atoms with Crippen LogP contribution >= 0.6 is 0 Å². The molecule has 2 N–H and O–H groups in total. The van der Waals surface area contributed by atoms with Crippen LogP contribution in [0.3, 0.4) is 0 Å². The van der Waals surface area contributed by atoms with Gasteiger partial charge in [-0.25, -0.2) is 8.78 Å². The molecule has 0 aliphatic carbocycles. The molecule has 1 unspecified atom stereocenters. The number of amides is 1. The van der Waals surface area contributed by atoms with Crippen LogP contribution in [0.25, 0.3) is 0 Å². The zero-order valence-corrected chi connectivity index (χ0v) is 18.6. The van der Waals surface area contributed by atoms with Crippen LogP contribution in [-0.2, 0) is 16.0 Å². The first-order valence-electron chi connectivity index (χ1n) is 10.4. The SMILES string of the molecule is C=O.C=O.Cc1cc(NC(=O)c2ccc(CCF)c(N3CCCC(O)CC3)c2)cc(F)c1F. The van der Waals surface area contributed by atoms with Gasteiger partial charge in [-0.2, -0.15) is 0 Å². The Morgan fingerprint density at radius 1 is 1.12 bits per heavy atom. The van der Waals surface area contributed by atoms with Gasteiger partial charge in [-0.3, -0.25) is 9.18 Å². The van der Waals surface area contributed by atoms with Gasteiger partial charge in [-0.05, 0) is 55.5 Å². The number of rotatable bonds is 5. The standard InChI is InChI=1S/C22H25F3N2O2.2CH2O/c1-14-11-17(13-19(24)21(14)25)26-22(29)16-5-4-15(6-8-23)20(12-16)27-9-2-3-18(28)7-10-27;2*1-2/h4-5,11-13,18,28H,2-3,6-10H2,1H3,(H,26,29);2*1H2. The Bertz CT molecular complexity index is 902. The van der Waals surface area contributed by atoms with E-state index in [9.17, 15) is 23.1 Å². The molecule has 180 valence electrons. The molecule has 0 spiro atoms. The number of hydrogen-bond acceptors (Lipinski definition) is 5. The molecule has 1 saturated heterocycles. The number of carbonyl (C=O) groups excluding carboxylic acids is 3. The number of alkyl halides is 1. The first-order valence-corrected chi connectivity index (χ1v) is 10.4. The Kier molecular flexibility index (Phi) is 11.9. The number of aliphatic hydroxyl groups excluding tert-OH is 1. The van der Waals surface area contributed by atoms with E-state index >= 15 is 0 Å². The summed E-state index contributed by atoms with van der Waals surface area (Å²) in [7, 11) is 0. The van der Waals surface area contributed by atoms with E-state index in [0.29, 0.717) is 31.5 Å². The molecule has 9 heteroatoms. The van der Waals surface area contributed by atoms with Gasteiger partial charge in [0.25, 0.3) is 5.91 Å². The Hall–Kier alpha value is -3.20. The van der Waals surface area contributed by atoms with Gasteiger partial charge >= 0.3 is 0 Å². The molecule has 2 aromatic carbocycles. The molecule has 3 rings (SSSR count). The van der Waals surface area contributed by atoms with Crippen LogP contribution in [0.2, 0.25) is 0 Å². The van der Waals surface area contributed by atoms with Crippen LogP contribution in [0.15, 0.2) is 30.3 Å². The van der Waals surface area contributed by atoms with Crippen molar-refractivity contribution >= 4 is 30.9 Å². The number of benzene rings is 2. The van der Waals surface area contributed by atoms with Gasteiger partial charge in [0.05, 0.1) is 12.8 Å². The molecule has 1 aliphatic rings. The van der Waals surface area contributed by atoms with E-state index in [1.54, 1.807) is 18.2 Å². The summed E-state index contributed by atoms with van der Waals surface area (Å²) in [4.78, 5) is 30.8. The minimum absolute atomic E-state index is 0.0995. The number of hydrogen-bond donors (Lipinski definition) is 2. The number of nitrogens with one attached hydrogen (secondary N) is 1. The second-order valence-electron chi connectivity index (χ2n) is 7.40. The maximum Gasteiger partial charge on any atom is 0.255 e. The molecule has 0 saturated carbocycles. The normalized spacial score (nSPS) is 15.3. The summed E-state index contributed by atoms with van der Waals surface area (Å²) < 4.78 is 40.1. The highest BCUT2D eigenvalue weighted by molar-refractivity contribution is 6.05. The molecule has 1 fully saturated rings. The fraction of sp³-hybridized carbons (Fsp3) is 0.375. The minimum Gasteiger partial charge on any atom is -0.393 e. The lowest BCUT2D eigenvalue weighted by Crippen LogP contribution is -2.26. The number of aryl methyl sites for hydroxylation is 2. The lowest BCUT2D eigenvalue weighted by atomic mass is 10.0. The van der Waals surface area contributed by atoms with E-state index in [1.165, 1.54) is 13.0 Å². The van der Waals surface area contributed by atoms with Gasteiger partial charge in [-0.15, -0.1) is 0 Å². The molecule has 0 radical (unpaired) electrons. The maximum atomic E-state index is 13.6. The molecule has 1 atom stereocenters. The van der Waals surface area contributed by atoms with Gasteiger partial charge in [0.1, 0.15) is 13.6 Å². The largest absolute Gasteiger partial charge is 0.393 e. The third kappa shape index (κ3) is 7.71. The van der Waals surface area contributed by atoms with Crippen molar-refractivity contribution in [3.05, 3.63) is 58.7 Å². The molecule has 1 heterocycles. The summed E-state index contributed by atoms with van der Waals surface area (Å²) in [5, 5.41) is 12.5. The molecule has 1 amide bonds. The molecular weight excluding hydrogens is 437 g/mol. The zero-order chi connectivity index (χ0) is 25.0. The quantitative estimate of drug-likeness (QED) is 0.695. The molecule has 6 nitrogen and oxygen atoms in total. The third-order valence-electron chi connectivity index (χ3n) is 5.22. The van der Waals surface area contributed by atoms with Gasteiger partial charge in [0.15, 0.2) is 11.6 Å². The molecule has 33 heavy (non-hydrogen) atoms. The highest BCUT2D eigenvalue weighted by atomic mass is 19.2. The van der Waals surface area contributed by atoms with Crippen LogP contribution in [0.1, 0.15) is 40.7 Å². The van der Waals surface area contributed by atoms with Crippen LogP contribution < -0.4 is 10.2 Å². The Morgan fingerprint density at radius 3 is 2.45 bits per heavy atom. The van der Waals surface area contributed by atoms with Crippen LogP contribution in [0, 0.1) is 18.6 Å². The summed E-state index contributed by atoms with van der Waals surface area (Å²) in [5.41, 5.74) is 2.17. The van der Waals surface area contributed by atoms with Crippen molar-refractivity contribution in [2.75, 3.05) is 30.0 Å². The number of aliphatic hydroxyl groups is 1. The van der Waals surface area contributed by atoms with E-state index < -0.39 is 24.2 Å². The number of nitrogens with zero attached hydrogens (tertiary/aromatic N) is 1. The average Bonchev–Trinajstić information content (AvgIpc) is 3.05. The summed E-state index contributed by atoms with van der Waals surface area (Å²) >= 11 is 0. The minimum atomic E-state index is -1.03. The number of halogens is 3. The lowest BCUT2D eigenvalue weighted by molar-refractivity contribution is -0.0987. The third-order valence-corrected chi connectivity index (χ3v) is 5.22. The summed E-state index contributed by atoms with van der Waals surface area (Å²) in [6.45, 7) is 6.24. The lowest BCUT2D eigenvalue weighted by Gasteiger charge is -2.26.